The van der Waals surface area contributed by atoms with E-state index in [2.05, 4.69) is 0 Å². The second-order valence-electron chi connectivity index (χ2n) is 3.85. The second-order valence-corrected chi connectivity index (χ2v) is 3.85. The largest absolute Gasteiger partial charge is 0.466 e. The Morgan fingerprint density at radius 2 is 1.83 bits per heavy atom. The van der Waals surface area contributed by atoms with Crippen molar-refractivity contribution in [2.45, 2.75) is 32.4 Å². The molecule has 0 atom stereocenters. The molecule has 0 unspecified atom stereocenters. The fourth-order valence-electron chi connectivity index (χ4n) is 1.53. The predicted octanol–water partition coefficient (Wildman–Crippen LogP) is 3.59. The van der Waals surface area contributed by atoms with Crippen LogP contribution in [0.4, 0.5) is 13.2 Å². The zero-order chi connectivity index (χ0) is 13.6. The van der Waals surface area contributed by atoms with Crippen LogP contribution in [-0.2, 0) is 22.1 Å². The van der Waals surface area contributed by atoms with Crippen molar-refractivity contribution in [3.8, 4) is 0 Å². The van der Waals surface area contributed by atoms with Crippen molar-refractivity contribution in [3.63, 3.8) is 0 Å². The highest BCUT2D eigenvalue weighted by atomic mass is 19.4. The molecule has 1 aromatic carbocycles. The second kappa shape index (κ2) is 6.42. The zero-order valence-corrected chi connectivity index (χ0v) is 10.1. The van der Waals surface area contributed by atoms with Gasteiger partial charge < -0.3 is 4.74 Å². The Bertz CT molecular complexity index is 382. The normalized spacial score (nSPS) is 11.3. The summed E-state index contributed by atoms with van der Waals surface area (Å²) >= 11 is 0. The number of carbonyl (C=O) groups is 1. The highest BCUT2D eigenvalue weighted by Gasteiger charge is 2.29. The summed E-state index contributed by atoms with van der Waals surface area (Å²) in [5, 5.41) is 0. The van der Waals surface area contributed by atoms with E-state index in [-0.39, 0.29) is 12.4 Å². The molecule has 18 heavy (non-hydrogen) atoms. The maximum absolute atomic E-state index is 12.3. The van der Waals surface area contributed by atoms with Crippen LogP contribution in [0.1, 0.15) is 30.9 Å². The summed E-state index contributed by atoms with van der Waals surface area (Å²) in [6.45, 7) is 2.08. The maximum Gasteiger partial charge on any atom is 0.416 e. The van der Waals surface area contributed by atoms with Crippen LogP contribution < -0.4 is 0 Å². The quantitative estimate of drug-likeness (QED) is 0.756. The number of hydrogen-bond acceptors (Lipinski definition) is 2. The van der Waals surface area contributed by atoms with Crippen LogP contribution >= 0.6 is 0 Å². The van der Waals surface area contributed by atoms with Crippen LogP contribution in [0.25, 0.3) is 0 Å². The number of halogens is 3. The van der Waals surface area contributed by atoms with Crippen molar-refractivity contribution in [1.29, 1.82) is 0 Å². The van der Waals surface area contributed by atoms with E-state index < -0.39 is 11.7 Å². The van der Waals surface area contributed by atoms with Gasteiger partial charge in [-0.2, -0.15) is 13.2 Å². The van der Waals surface area contributed by atoms with Gasteiger partial charge in [0.15, 0.2) is 0 Å². The van der Waals surface area contributed by atoms with E-state index >= 15 is 0 Å². The molecule has 0 aromatic heterocycles. The van der Waals surface area contributed by atoms with Crippen molar-refractivity contribution >= 4 is 5.97 Å². The number of ether oxygens (including phenoxy) is 1. The van der Waals surface area contributed by atoms with E-state index in [1.165, 1.54) is 12.1 Å². The molecule has 0 aliphatic heterocycles. The third-order valence-corrected chi connectivity index (χ3v) is 2.43. The zero-order valence-electron chi connectivity index (χ0n) is 10.1. The summed E-state index contributed by atoms with van der Waals surface area (Å²) < 4.78 is 41.7. The lowest BCUT2D eigenvalue weighted by molar-refractivity contribution is -0.143. The molecular formula is C13H15F3O2. The summed E-state index contributed by atoms with van der Waals surface area (Å²) in [4.78, 5) is 11.0. The Morgan fingerprint density at radius 3 is 2.33 bits per heavy atom. The molecule has 1 rings (SSSR count). The summed E-state index contributed by atoms with van der Waals surface area (Å²) in [7, 11) is 0. The summed E-state index contributed by atoms with van der Waals surface area (Å²) in [5.41, 5.74) is 0.129. The molecule has 0 spiro atoms. The number of aryl methyl sites for hydroxylation is 1. The molecule has 0 amide bonds. The van der Waals surface area contributed by atoms with E-state index in [1.807, 2.05) is 0 Å². The number of alkyl halides is 3. The Hall–Kier alpha value is -1.52. The van der Waals surface area contributed by atoms with E-state index in [4.69, 9.17) is 4.74 Å². The number of hydrogen-bond donors (Lipinski definition) is 0. The topological polar surface area (TPSA) is 26.3 Å². The van der Waals surface area contributed by atoms with Crippen LogP contribution in [0.2, 0.25) is 0 Å². The Labute approximate surface area is 104 Å². The highest BCUT2D eigenvalue weighted by Crippen LogP contribution is 2.29. The first kappa shape index (κ1) is 14.5. The first-order valence-corrected chi connectivity index (χ1v) is 5.75. The minimum Gasteiger partial charge on any atom is -0.466 e. The first-order valence-electron chi connectivity index (χ1n) is 5.75. The van der Waals surface area contributed by atoms with Crippen LogP contribution in [0.15, 0.2) is 24.3 Å². The molecule has 0 N–H and O–H groups in total. The fourth-order valence-corrected chi connectivity index (χ4v) is 1.53. The molecule has 5 heteroatoms. The minimum absolute atomic E-state index is 0.274. The molecule has 0 fully saturated rings. The number of benzene rings is 1. The Balaban J connectivity index is 2.42. The average molecular weight is 260 g/mol. The van der Waals surface area contributed by atoms with Gasteiger partial charge in [0.25, 0.3) is 0 Å². The summed E-state index contributed by atoms with van der Waals surface area (Å²) in [6, 6.07) is 4.99. The van der Waals surface area contributed by atoms with Crippen LogP contribution in [0, 0.1) is 0 Å². The van der Waals surface area contributed by atoms with Gasteiger partial charge in [-0.25, -0.2) is 0 Å². The third-order valence-electron chi connectivity index (χ3n) is 2.43. The number of carbonyl (C=O) groups excluding carboxylic acids is 1. The molecule has 0 aliphatic rings. The van der Waals surface area contributed by atoms with Crippen LogP contribution in [0.3, 0.4) is 0 Å². The van der Waals surface area contributed by atoms with Gasteiger partial charge in [0.2, 0.25) is 0 Å². The molecule has 0 saturated heterocycles. The average Bonchev–Trinajstić information content (AvgIpc) is 2.29. The lowest BCUT2D eigenvalue weighted by Crippen LogP contribution is -2.05. The van der Waals surface area contributed by atoms with Gasteiger partial charge in [0.1, 0.15) is 0 Å². The summed E-state index contributed by atoms with van der Waals surface area (Å²) in [5.74, 6) is -0.274. The molecule has 100 valence electrons. The van der Waals surface area contributed by atoms with Crippen molar-refractivity contribution < 1.29 is 22.7 Å². The van der Waals surface area contributed by atoms with Crippen molar-refractivity contribution in [2.24, 2.45) is 0 Å². The summed E-state index contributed by atoms with van der Waals surface area (Å²) in [6.07, 6.45) is -2.88. The van der Waals surface area contributed by atoms with Gasteiger partial charge >= 0.3 is 12.1 Å². The first-order chi connectivity index (χ1) is 8.43. The molecule has 0 radical (unpaired) electrons. The van der Waals surface area contributed by atoms with Crippen molar-refractivity contribution in [3.05, 3.63) is 35.4 Å². The molecule has 1 aromatic rings. The monoisotopic (exact) mass is 260 g/mol. The van der Waals surface area contributed by atoms with E-state index in [0.29, 0.717) is 19.4 Å². The van der Waals surface area contributed by atoms with Crippen molar-refractivity contribution in [2.75, 3.05) is 6.61 Å². The van der Waals surface area contributed by atoms with Gasteiger partial charge in [-0.05, 0) is 37.5 Å². The van der Waals surface area contributed by atoms with Crippen molar-refractivity contribution in [1.82, 2.24) is 0 Å². The Kier molecular flexibility index (Phi) is 5.19. The smallest absolute Gasteiger partial charge is 0.416 e. The lowest BCUT2D eigenvalue weighted by atomic mass is 10.1. The van der Waals surface area contributed by atoms with Crippen LogP contribution in [-0.4, -0.2) is 12.6 Å². The van der Waals surface area contributed by atoms with Gasteiger partial charge in [-0.3, -0.25) is 4.79 Å². The van der Waals surface area contributed by atoms with Crippen LogP contribution in [0.5, 0.6) is 0 Å². The van der Waals surface area contributed by atoms with E-state index in [1.54, 1.807) is 6.92 Å². The molecule has 0 saturated carbocycles. The molecule has 0 aliphatic carbocycles. The van der Waals surface area contributed by atoms with Gasteiger partial charge in [-0.1, -0.05) is 12.1 Å². The number of rotatable bonds is 5. The maximum atomic E-state index is 12.3. The van der Waals surface area contributed by atoms with E-state index in [9.17, 15) is 18.0 Å². The highest BCUT2D eigenvalue weighted by molar-refractivity contribution is 5.69. The van der Waals surface area contributed by atoms with Gasteiger partial charge in [-0.15, -0.1) is 0 Å². The van der Waals surface area contributed by atoms with Gasteiger partial charge in [0, 0.05) is 6.42 Å². The fraction of sp³-hybridized carbons (Fsp3) is 0.462. The molecule has 2 nitrogen and oxygen atoms in total. The number of esters is 1. The molecule has 0 heterocycles. The van der Waals surface area contributed by atoms with E-state index in [0.717, 1.165) is 17.7 Å². The SMILES string of the molecule is CCOC(=O)CCCc1ccc(C(F)(F)F)cc1. The predicted molar refractivity (Wildman–Crippen MR) is 61.0 cm³/mol. The lowest BCUT2D eigenvalue weighted by Gasteiger charge is -2.07. The third kappa shape index (κ3) is 4.77. The standard InChI is InChI=1S/C13H15F3O2/c1-2-18-12(17)5-3-4-10-6-8-11(9-7-10)13(14,15)16/h6-9H,2-5H2,1H3. The Morgan fingerprint density at radius 1 is 1.22 bits per heavy atom. The molecular weight excluding hydrogens is 245 g/mol. The minimum atomic E-state index is -4.30. The van der Waals surface area contributed by atoms with Gasteiger partial charge in [0.05, 0.1) is 12.2 Å². The molecule has 0 bridgehead atoms.